The van der Waals surface area contributed by atoms with E-state index in [9.17, 15) is 9.90 Å². The number of benzene rings is 2. The third-order valence-electron chi connectivity index (χ3n) is 6.05. The number of piperidine rings is 1. The quantitative estimate of drug-likeness (QED) is 0.543. The van der Waals surface area contributed by atoms with Crippen LogP contribution in [0.1, 0.15) is 36.1 Å². The smallest absolute Gasteiger partial charge is 0.259 e. The number of hydrogen-bond acceptors (Lipinski definition) is 6. The molecule has 1 amide bonds. The zero-order valence-electron chi connectivity index (χ0n) is 19.0. The van der Waals surface area contributed by atoms with Crippen LogP contribution in [0.2, 0.25) is 0 Å². The number of carbonyl (C=O) groups is 1. The molecule has 0 bridgehead atoms. The Morgan fingerprint density at radius 1 is 1.15 bits per heavy atom. The number of ether oxygens (including phenoxy) is 2. The summed E-state index contributed by atoms with van der Waals surface area (Å²) in [5.74, 6) is 1.10. The number of nitrogens with one attached hydrogen (secondary N) is 1. The standard InChI is InChI=1S/C25H30N4O4/c1-32-22-9-8-18(16-21(22)30)17-28-14-11-20(12-15-28)29-23(10-13-26-29)27-25(31)24(33-2)19-6-4-3-5-7-19/h3-10,13,16,20,24,30H,11-12,14-15,17H2,1-2H3,(H,27,31). The van der Waals surface area contributed by atoms with Gasteiger partial charge >= 0.3 is 0 Å². The molecule has 1 atom stereocenters. The van der Waals surface area contributed by atoms with Crippen LogP contribution in [-0.4, -0.2) is 53.0 Å². The van der Waals surface area contributed by atoms with Crippen LogP contribution in [0.25, 0.3) is 0 Å². The van der Waals surface area contributed by atoms with Gasteiger partial charge < -0.3 is 19.9 Å². The lowest BCUT2D eigenvalue weighted by Gasteiger charge is -2.32. The van der Waals surface area contributed by atoms with E-state index in [1.54, 1.807) is 25.4 Å². The van der Waals surface area contributed by atoms with E-state index in [-0.39, 0.29) is 17.7 Å². The molecule has 8 nitrogen and oxygen atoms in total. The summed E-state index contributed by atoms with van der Waals surface area (Å²) in [7, 11) is 3.08. The van der Waals surface area contributed by atoms with Gasteiger partial charge in [-0.1, -0.05) is 36.4 Å². The van der Waals surface area contributed by atoms with Gasteiger partial charge in [0.15, 0.2) is 17.6 Å². The van der Waals surface area contributed by atoms with Gasteiger partial charge in [-0.3, -0.25) is 9.69 Å². The first-order valence-corrected chi connectivity index (χ1v) is 11.1. The van der Waals surface area contributed by atoms with E-state index < -0.39 is 6.10 Å². The van der Waals surface area contributed by atoms with Gasteiger partial charge in [-0.25, -0.2) is 4.68 Å². The highest BCUT2D eigenvalue weighted by molar-refractivity contribution is 5.94. The van der Waals surface area contributed by atoms with E-state index >= 15 is 0 Å². The number of rotatable bonds is 8. The van der Waals surface area contributed by atoms with Crippen molar-refractivity contribution in [1.82, 2.24) is 14.7 Å². The van der Waals surface area contributed by atoms with Gasteiger partial charge in [0.2, 0.25) is 0 Å². The highest BCUT2D eigenvalue weighted by Crippen LogP contribution is 2.30. The second-order valence-corrected chi connectivity index (χ2v) is 8.19. The monoisotopic (exact) mass is 450 g/mol. The Hall–Kier alpha value is -3.36. The van der Waals surface area contributed by atoms with Crippen LogP contribution >= 0.6 is 0 Å². The number of aromatic hydroxyl groups is 1. The summed E-state index contributed by atoms with van der Waals surface area (Å²) >= 11 is 0. The van der Waals surface area contributed by atoms with Crippen molar-refractivity contribution < 1.29 is 19.4 Å². The van der Waals surface area contributed by atoms with Gasteiger partial charge in [-0.2, -0.15) is 5.10 Å². The fourth-order valence-electron chi connectivity index (χ4n) is 4.33. The molecule has 3 aromatic rings. The molecule has 2 N–H and O–H groups in total. The molecule has 1 saturated heterocycles. The molecule has 1 fully saturated rings. The second-order valence-electron chi connectivity index (χ2n) is 8.19. The van der Waals surface area contributed by atoms with Crippen molar-refractivity contribution in [3.05, 3.63) is 71.9 Å². The third kappa shape index (κ3) is 5.35. The van der Waals surface area contributed by atoms with Crippen molar-refractivity contribution >= 4 is 11.7 Å². The van der Waals surface area contributed by atoms with E-state index in [4.69, 9.17) is 9.47 Å². The largest absolute Gasteiger partial charge is 0.504 e. The maximum absolute atomic E-state index is 12.9. The van der Waals surface area contributed by atoms with Crippen LogP contribution < -0.4 is 10.1 Å². The van der Waals surface area contributed by atoms with Crippen LogP contribution in [0.5, 0.6) is 11.5 Å². The van der Waals surface area contributed by atoms with Crippen LogP contribution in [-0.2, 0) is 16.1 Å². The van der Waals surface area contributed by atoms with Gasteiger partial charge in [0.05, 0.1) is 19.3 Å². The Balaban J connectivity index is 1.36. The summed E-state index contributed by atoms with van der Waals surface area (Å²) in [5, 5.41) is 17.5. The second kappa shape index (κ2) is 10.5. The minimum Gasteiger partial charge on any atom is -0.504 e. The normalized spacial score (nSPS) is 15.8. The predicted octanol–water partition coefficient (Wildman–Crippen LogP) is 3.76. The van der Waals surface area contributed by atoms with Crippen LogP contribution in [0.15, 0.2) is 60.8 Å². The Morgan fingerprint density at radius 2 is 1.91 bits per heavy atom. The van der Waals surface area contributed by atoms with Gasteiger partial charge in [-0.15, -0.1) is 0 Å². The van der Waals surface area contributed by atoms with E-state index in [0.717, 1.165) is 43.6 Å². The summed E-state index contributed by atoms with van der Waals surface area (Å²) in [5.41, 5.74) is 1.85. The predicted molar refractivity (Wildman–Crippen MR) is 125 cm³/mol. The van der Waals surface area contributed by atoms with E-state index in [1.807, 2.05) is 47.1 Å². The number of amides is 1. The number of phenols is 1. The summed E-state index contributed by atoms with van der Waals surface area (Å²) in [4.78, 5) is 15.2. The lowest BCUT2D eigenvalue weighted by Crippen LogP contribution is -2.35. The molecule has 33 heavy (non-hydrogen) atoms. The lowest BCUT2D eigenvalue weighted by molar-refractivity contribution is -0.126. The van der Waals surface area contributed by atoms with Crippen molar-refractivity contribution in [2.75, 3.05) is 32.6 Å². The van der Waals surface area contributed by atoms with Crippen molar-refractivity contribution in [3.8, 4) is 11.5 Å². The number of nitrogens with zero attached hydrogens (tertiary/aromatic N) is 3. The Bertz CT molecular complexity index is 1060. The number of carbonyl (C=O) groups excluding carboxylic acids is 1. The molecule has 0 saturated carbocycles. The molecule has 2 heterocycles. The molecule has 174 valence electrons. The zero-order chi connectivity index (χ0) is 23.2. The summed E-state index contributed by atoms with van der Waals surface area (Å²) < 4.78 is 12.5. The van der Waals surface area contributed by atoms with Crippen molar-refractivity contribution in [3.63, 3.8) is 0 Å². The van der Waals surface area contributed by atoms with Gasteiger partial charge in [-0.05, 0) is 36.1 Å². The fraction of sp³-hybridized carbons (Fsp3) is 0.360. The van der Waals surface area contributed by atoms with Crippen LogP contribution in [0.4, 0.5) is 5.82 Å². The topological polar surface area (TPSA) is 88.9 Å². The molecule has 1 unspecified atom stereocenters. The fourth-order valence-corrected chi connectivity index (χ4v) is 4.33. The third-order valence-corrected chi connectivity index (χ3v) is 6.05. The van der Waals surface area contributed by atoms with E-state index in [2.05, 4.69) is 15.3 Å². The summed E-state index contributed by atoms with van der Waals surface area (Å²) in [6.45, 7) is 2.56. The van der Waals surface area contributed by atoms with Crippen molar-refractivity contribution in [2.45, 2.75) is 31.5 Å². The molecule has 1 aliphatic rings. The first-order valence-electron chi connectivity index (χ1n) is 11.1. The summed E-state index contributed by atoms with van der Waals surface area (Å²) in [6.07, 6.45) is 2.86. The minimum absolute atomic E-state index is 0.159. The van der Waals surface area contributed by atoms with Gasteiger partial charge in [0, 0.05) is 32.8 Å². The SMILES string of the molecule is COc1ccc(CN2CCC(n3nccc3NC(=O)C(OC)c3ccccc3)CC2)cc1O. The molecular formula is C25H30N4O4. The highest BCUT2D eigenvalue weighted by atomic mass is 16.5. The molecule has 8 heteroatoms. The Morgan fingerprint density at radius 3 is 2.58 bits per heavy atom. The first-order chi connectivity index (χ1) is 16.1. The molecule has 2 aromatic carbocycles. The lowest BCUT2D eigenvalue weighted by atomic mass is 10.0. The zero-order valence-corrected chi connectivity index (χ0v) is 19.0. The minimum atomic E-state index is -0.683. The average molecular weight is 451 g/mol. The van der Waals surface area contributed by atoms with E-state index in [1.165, 1.54) is 7.11 Å². The van der Waals surface area contributed by atoms with E-state index in [0.29, 0.717) is 11.6 Å². The number of methoxy groups -OCH3 is 2. The number of hydrogen-bond donors (Lipinski definition) is 2. The summed E-state index contributed by atoms with van der Waals surface area (Å²) in [6, 6.07) is 17.0. The number of anilines is 1. The number of aromatic nitrogens is 2. The highest BCUT2D eigenvalue weighted by Gasteiger charge is 2.25. The van der Waals surface area contributed by atoms with Crippen LogP contribution in [0, 0.1) is 0 Å². The van der Waals surface area contributed by atoms with Gasteiger partial charge in [0.25, 0.3) is 5.91 Å². The molecule has 0 aliphatic carbocycles. The first kappa shape index (κ1) is 22.8. The number of phenolic OH excluding ortho intramolecular Hbond substituents is 1. The Kier molecular flexibility index (Phi) is 7.26. The molecule has 0 radical (unpaired) electrons. The molecule has 1 aromatic heterocycles. The molecule has 0 spiro atoms. The molecule has 1 aliphatic heterocycles. The van der Waals surface area contributed by atoms with Crippen molar-refractivity contribution in [2.24, 2.45) is 0 Å². The number of likely N-dealkylation sites (tertiary alicyclic amines) is 1. The average Bonchev–Trinajstić information content (AvgIpc) is 3.29. The molecular weight excluding hydrogens is 420 g/mol. The van der Waals surface area contributed by atoms with Crippen molar-refractivity contribution in [1.29, 1.82) is 0 Å². The molecule has 4 rings (SSSR count). The Labute approximate surface area is 193 Å². The maximum Gasteiger partial charge on any atom is 0.259 e. The van der Waals surface area contributed by atoms with Gasteiger partial charge in [0.1, 0.15) is 5.82 Å². The van der Waals surface area contributed by atoms with Crippen LogP contribution in [0.3, 0.4) is 0 Å². The maximum atomic E-state index is 12.9.